The first-order chi connectivity index (χ1) is 15.1. The van der Waals surface area contributed by atoms with Gasteiger partial charge in [0.2, 0.25) is 5.92 Å². The molecule has 0 radical (unpaired) electrons. The van der Waals surface area contributed by atoms with Crippen LogP contribution in [0.3, 0.4) is 0 Å². The zero-order valence-corrected chi connectivity index (χ0v) is 18.9. The summed E-state index contributed by atoms with van der Waals surface area (Å²) in [6, 6.07) is 9.76. The zero-order valence-electron chi connectivity index (χ0n) is 18.1. The minimum Gasteiger partial charge on any atom is -0.356 e. The van der Waals surface area contributed by atoms with Crippen molar-refractivity contribution in [3.8, 4) is 0 Å². The van der Waals surface area contributed by atoms with Crippen molar-refractivity contribution in [1.82, 2.24) is 4.98 Å². The lowest BCUT2D eigenvalue weighted by atomic mass is 10.1. The maximum absolute atomic E-state index is 13.9. The van der Waals surface area contributed by atoms with E-state index in [0.717, 1.165) is 5.69 Å². The van der Waals surface area contributed by atoms with E-state index in [9.17, 15) is 17.8 Å². The first kappa shape index (κ1) is 23.8. The van der Waals surface area contributed by atoms with Crippen molar-refractivity contribution >= 4 is 27.1 Å². The van der Waals surface area contributed by atoms with E-state index in [-0.39, 0.29) is 24.9 Å². The maximum atomic E-state index is 13.9. The number of benzene rings is 1. The molecule has 2 heterocycles. The molecule has 32 heavy (non-hydrogen) atoms. The quantitative estimate of drug-likeness (QED) is 0.560. The molecule has 1 aromatic carbocycles. The average molecular weight is 463 g/mol. The summed E-state index contributed by atoms with van der Waals surface area (Å²) >= 11 is 0. The number of aryl methyl sites for hydroxylation is 1. The number of amides is 1. The number of carbonyl (C=O) groups is 1. The van der Waals surface area contributed by atoms with Gasteiger partial charge in [0.05, 0.1) is 15.3 Å². The number of carbonyl (C=O) groups excluding carboxylic acids is 1. The van der Waals surface area contributed by atoms with E-state index in [2.05, 4.69) is 16.9 Å². The Morgan fingerprint density at radius 2 is 2.09 bits per heavy atom. The van der Waals surface area contributed by atoms with Gasteiger partial charge in [0.25, 0.3) is 5.91 Å². The smallest absolute Gasteiger partial charge is 0.259 e. The van der Waals surface area contributed by atoms with Crippen LogP contribution in [0.25, 0.3) is 0 Å². The Balaban J connectivity index is 1.92. The monoisotopic (exact) mass is 462 g/mol. The second-order valence-electron chi connectivity index (χ2n) is 8.02. The fourth-order valence-corrected chi connectivity index (χ4v) is 4.28. The number of hydrogen-bond acceptors (Lipinski definition) is 5. The summed E-state index contributed by atoms with van der Waals surface area (Å²) in [7, 11) is -2.93. The normalized spacial score (nSPS) is 17.8. The van der Waals surface area contributed by atoms with Gasteiger partial charge >= 0.3 is 0 Å². The largest absolute Gasteiger partial charge is 0.356 e. The molecule has 0 bridgehead atoms. The van der Waals surface area contributed by atoms with Crippen LogP contribution < -0.4 is 10.2 Å². The van der Waals surface area contributed by atoms with Gasteiger partial charge in [-0.25, -0.2) is 22.8 Å². The van der Waals surface area contributed by atoms with Gasteiger partial charge in [-0.05, 0) is 49.6 Å². The summed E-state index contributed by atoms with van der Waals surface area (Å²) < 4.78 is 47.6. The first-order valence-electron chi connectivity index (χ1n) is 10.5. The van der Waals surface area contributed by atoms with Crippen LogP contribution in [0.5, 0.6) is 0 Å². The molecule has 172 valence electrons. The first-order valence-corrected chi connectivity index (χ1v) is 12.4. The SMILES string of the molecule is C=CCCc1ccc(C(=O)Nc2cccc([S@@](C)(=N)=O)c2)c(N2CCCC(F)(F)CC2)n1. The minimum atomic E-state index is -2.93. The van der Waals surface area contributed by atoms with Crippen molar-refractivity contribution in [2.45, 2.75) is 42.9 Å². The van der Waals surface area contributed by atoms with Crippen molar-refractivity contribution in [3.05, 3.63) is 60.3 Å². The number of pyridine rings is 1. The second-order valence-corrected chi connectivity index (χ2v) is 10.2. The van der Waals surface area contributed by atoms with E-state index in [0.29, 0.717) is 42.2 Å². The molecule has 1 amide bonds. The molecule has 0 aliphatic carbocycles. The molecule has 6 nitrogen and oxygen atoms in total. The summed E-state index contributed by atoms with van der Waals surface area (Å²) in [6.45, 7) is 4.21. The standard InChI is InChI=1S/C23H28F2N4O2S/c1-3-4-7-17-10-11-20(21(27-17)29-14-6-12-23(24,25)13-15-29)22(30)28-18-8-5-9-19(16-18)32(2,26)31/h3,5,8-11,16,26H,1,4,6-7,12-15H2,2H3,(H,28,30)/t32-/m0/s1. The van der Waals surface area contributed by atoms with Crippen LogP contribution in [0, 0.1) is 4.78 Å². The Hall–Kier alpha value is -2.81. The molecule has 1 aliphatic rings. The molecule has 0 spiro atoms. The molecule has 1 aliphatic heterocycles. The maximum Gasteiger partial charge on any atom is 0.259 e. The molecule has 1 atom stereocenters. The van der Waals surface area contributed by atoms with E-state index in [1.165, 1.54) is 12.3 Å². The molecule has 1 saturated heterocycles. The van der Waals surface area contributed by atoms with E-state index >= 15 is 0 Å². The third-order valence-electron chi connectivity index (χ3n) is 5.34. The molecule has 2 N–H and O–H groups in total. The highest BCUT2D eigenvalue weighted by atomic mass is 32.2. The second kappa shape index (κ2) is 9.77. The zero-order chi connectivity index (χ0) is 23.4. The van der Waals surface area contributed by atoms with Crippen LogP contribution in [0.4, 0.5) is 20.3 Å². The van der Waals surface area contributed by atoms with Gasteiger partial charge in [-0.1, -0.05) is 12.1 Å². The van der Waals surface area contributed by atoms with Crippen LogP contribution in [-0.4, -0.2) is 40.4 Å². The summed E-state index contributed by atoms with van der Waals surface area (Å²) in [5.41, 5.74) is 1.44. The summed E-state index contributed by atoms with van der Waals surface area (Å²) in [5, 5.41) is 2.77. The minimum absolute atomic E-state index is 0.109. The number of anilines is 2. The molecule has 1 fully saturated rings. The Bertz CT molecular complexity index is 1100. The molecular formula is C23H28F2N4O2S. The number of nitrogens with one attached hydrogen (secondary N) is 2. The number of alkyl halides is 2. The van der Waals surface area contributed by atoms with Crippen LogP contribution in [-0.2, 0) is 16.1 Å². The number of hydrogen-bond donors (Lipinski definition) is 2. The van der Waals surface area contributed by atoms with Gasteiger partial charge in [0.1, 0.15) is 5.82 Å². The molecule has 2 aromatic rings. The third-order valence-corrected chi connectivity index (χ3v) is 6.49. The number of rotatable bonds is 7. The Morgan fingerprint density at radius 1 is 1.31 bits per heavy atom. The van der Waals surface area contributed by atoms with Crippen LogP contribution >= 0.6 is 0 Å². The van der Waals surface area contributed by atoms with Crippen molar-refractivity contribution in [2.24, 2.45) is 0 Å². The van der Waals surface area contributed by atoms with Gasteiger partial charge < -0.3 is 10.2 Å². The summed E-state index contributed by atoms with van der Waals surface area (Å²) in [5.74, 6) is -2.78. The number of allylic oxidation sites excluding steroid dienone is 1. The summed E-state index contributed by atoms with van der Waals surface area (Å²) in [4.78, 5) is 19.8. The van der Waals surface area contributed by atoms with Gasteiger partial charge in [-0.15, -0.1) is 6.58 Å². The van der Waals surface area contributed by atoms with E-state index in [1.54, 1.807) is 41.3 Å². The van der Waals surface area contributed by atoms with E-state index < -0.39 is 21.6 Å². The van der Waals surface area contributed by atoms with E-state index in [4.69, 9.17) is 4.78 Å². The van der Waals surface area contributed by atoms with Crippen LogP contribution in [0.15, 0.2) is 53.9 Å². The number of aromatic nitrogens is 1. The molecule has 9 heteroatoms. The molecule has 0 saturated carbocycles. The molecule has 0 unspecified atom stereocenters. The Labute approximate surface area is 187 Å². The Kier molecular flexibility index (Phi) is 7.28. The highest BCUT2D eigenvalue weighted by Crippen LogP contribution is 2.31. The summed E-state index contributed by atoms with van der Waals surface area (Å²) in [6.07, 6.45) is 4.28. The lowest BCUT2D eigenvalue weighted by Gasteiger charge is -2.24. The fourth-order valence-electron chi connectivity index (χ4n) is 3.59. The van der Waals surface area contributed by atoms with Gasteiger partial charge in [-0.3, -0.25) is 4.79 Å². The van der Waals surface area contributed by atoms with Crippen LogP contribution in [0.1, 0.15) is 41.7 Å². The van der Waals surface area contributed by atoms with Crippen molar-refractivity contribution in [3.63, 3.8) is 0 Å². The van der Waals surface area contributed by atoms with Crippen molar-refractivity contribution in [2.75, 3.05) is 29.6 Å². The van der Waals surface area contributed by atoms with E-state index in [1.807, 2.05) is 0 Å². The van der Waals surface area contributed by atoms with Crippen molar-refractivity contribution < 1.29 is 17.8 Å². The van der Waals surface area contributed by atoms with Crippen molar-refractivity contribution in [1.29, 1.82) is 4.78 Å². The predicted molar refractivity (Wildman–Crippen MR) is 123 cm³/mol. The lowest BCUT2D eigenvalue weighted by Crippen LogP contribution is -2.29. The third kappa shape index (κ3) is 6.12. The topological polar surface area (TPSA) is 86.2 Å². The van der Waals surface area contributed by atoms with Gasteiger partial charge in [0.15, 0.2) is 0 Å². The molecular weight excluding hydrogens is 434 g/mol. The number of nitrogens with zero attached hydrogens (tertiary/aromatic N) is 2. The highest BCUT2D eigenvalue weighted by Gasteiger charge is 2.33. The lowest BCUT2D eigenvalue weighted by molar-refractivity contribution is -0.0102. The highest BCUT2D eigenvalue weighted by molar-refractivity contribution is 7.91. The van der Waals surface area contributed by atoms with Crippen LogP contribution in [0.2, 0.25) is 0 Å². The molecule has 3 rings (SSSR count). The predicted octanol–water partition coefficient (Wildman–Crippen LogP) is 5.11. The molecule has 1 aromatic heterocycles. The average Bonchev–Trinajstić information content (AvgIpc) is 2.92. The fraction of sp³-hybridized carbons (Fsp3) is 0.391. The van der Waals surface area contributed by atoms with Gasteiger partial charge in [0, 0.05) is 48.5 Å². The van der Waals surface area contributed by atoms with Gasteiger partial charge in [-0.2, -0.15) is 0 Å². The number of halogens is 2. The Morgan fingerprint density at radius 3 is 2.81 bits per heavy atom.